The lowest BCUT2D eigenvalue weighted by molar-refractivity contribution is 0.0600. The van der Waals surface area contributed by atoms with Crippen LogP contribution in [0.4, 0.5) is 0 Å². The molecule has 25 heavy (non-hydrogen) atoms. The van der Waals surface area contributed by atoms with E-state index in [-0.39, 0.29) is 0 Å². The van der Waals surface area contributed by atoms with Gasteiger partial charge in [-0.1, -0.05) is 18.2 Å². The Balaban J connectivity index is 1.88. The summed E-state index contributed by atoms with van der Waals surface area (Å²) in [6, 6.07) is 14.9. The van der Waals surface area contributed by atoms with Gasteiger partial charge in [0.1, 0.15) is 6.61 Å². The Morgan fingerprint density at radius 3 is 2.60 bits per heavy atom. The minimum absolute atomic E-state index is 0.373. The second-order valence-corrected chi connectivity index (χ2v) is 5.59. The predicted molar refractivity (Wildman–Crippen MR) is 95.1 cm³/mol. The van der Waals surface area contributed by atoms with Crippen molar-refractivity contribution >= 4 is 16.9 Å². The van der Waals surface area contributed by atoms with Gasteiger partial charge in [0.15, 0.2) is 11.5 Å². The van der Waals surface area contributed by atoms with Crippen LogP contribution in [0.5, 0.6) is 11.5 Å². The van der Waals surface area contributed by atoms with Crippen LogP contribution in [-0.2, 0) is 11.3 Å². The van der Waals surface area contributed by atoms with Crippen molar-refractivity contribution < 1.29 is 19.0 Å². The Kier molecular flexibility index (Phi) is 4.84. The molecule has 0 aliphatic heterocycles. The number of carbonyl (C=O) groups excluding carboxylic acids is 1. The molecule has 2 aromatic carbocycles. The standard InChI is InChI=1S/C20H19NO4/c1-13-10-15(16-6-4-5-7-17(16)21-13)12-25-18-9-8-14(20(22)24-3)11-19(18)23-2/h4-11H,12H2,1-3H3. The summed E-state index contributed by atoms with van der Waals surface area (Å²) in [5, 5.41) is 1.05. The Morgan fingerprint density at radius 1 is 1.04 bits per heavy atom. The zero-order valence-corrected chi connectivity index (χ0v) is 14.4. The van der Waals surface area contributed by atoms with Crippen LogP contribution in [0.25, 0.3) is 10.9 Å². The average Bonchev–Trinajstić information content (AvgIpc) is 2.65. The van der Waals surface area contributed by atoms with Crippen LogP contribution in [-0.4, -0.2) is 25.2 Å². The molecule has 1 aromatic heterocycles. The first-order valence-corrected chi connectivity index (χ1v) is 7.87. The molecule has 0 N–H and O–H groups in total. The van der Waals surface area contributed by atoms with Gasteiger partial charge in [-0.15, -0.1) is 0 Å². The fourth-order valence-corrected chi connectivity index (χ4v) is 2.70. The second-order valence-electron chi connectivity index (χ2n) is 5.59. The lowest BCUT2D eigenvalue weighted by Gasteiger charge is -2.13. The molecule has 3 aromatic rings. The third kappa shape index (κ3) is 3.55. The molecule has 0 aliphatic carbocycles. The van der Waals surface area contributed by atoms with E-state index in [2.05, 4.69) is 4.98 Å². The quantitative estimate of drug-likeness (QED) is 0.661. The van der Waals surface area contributed by atoms with Crippen molar-refractivity contribution in [3.8, 4) is 11.5 Å². The molecule has 0 atom stereocenters. The number of benzene rings is 2. The first kappa shape index (κ1) is 16.8. The number of fused-ring (bicyclic) bond motifs is 1. The van der Waals surface area contributed by atoms with Gasteiger partial charge in [0.05, 0.1) is 25.3 Å². The van der Waals surface area contributed by atoms with Crippen LogP contribution >= 0.6 is 0 Å². The average molecular weight is 337 g/mol. The van der Waals surface area contributed by atoms with Gasteiger partial charge < -0.3 is 14.2 Å². The zero-order valence-electron chi connectivity index (χ0n) is 14.4. The molecule has 0 bridgehead atoms. The van der Waals surface area contributed by atoms with E-state index < -0.39 is 5.97 Å². The van der Waals surface area contributed by atoms with E-state index in [0.717, 1.165) is 22.2 Å². The predicted octanol–water partition coefficient (Wildman–Crippen LogP) is 3.92. The van der Waals surface area contributed by atoms with Crippen LogP contribution in [0, 0.1) is 6.92 Å². The van der Waals surface area contributed by atoms with Gasteiger partial charge in [-0.05, 0) is 37.3 Å². The van der Waals surface area contributed by atoms with Gasteiger partial charge in [0.2, 0.25) is 0 Å². The van der Waals surface area contributed by atoms with Crippen molar-refractivity contribution in [3.63, 3.8) is 0 Å². The van der Waals surface area contributed by atoms with Gasteiger partial charge in [0, 0.05) is 16.6 Å². The number of hydrogen-bond acceptors (Lipinski definition) is 5. The molecule has 5 heteroatoms. The van der Waals surface area contributed by atoms with E-state index in [9.17, 15) is 4.79 Å². The number of nitrogens with zero attached hydrogens (tertiary/aromatic N) is 1. The number of aromatic nitrogens is 1. The summed E-state index contributed by atoms with van der Waals surface area (Å²) < 4.78 is 16.0. The molecule has 0 saturated carbocycles. The maximum atomic E-state index is 11.6. The highest BCUT2D eigenvalue weighted by molar-refractivity contribution is 5.90. The summed E-state index contributed by atoms with van der Waals surface area (Å²) in [5.41, 5.74) is 3.33. The van der Waals surface area contributed by atoms with Crippen LogP contribution in [0.15, 0.2) is 48.5 Å². The Morgan fingerprint density at radius 2 is 1.84 bits per heavy atom. The lowest BCUT2D eigenvalue weighted by Crippen LogP contribution is -2.04. The van der Waals surface area contributed by atoms with E-state index in [1.807, 2.05) is 37.3 Å². The molecule has 128 valence electrons. The van der Waals surface area contributed by atoms with E-state index in [0.29, 0.717) is 23.7 Å². The van der Waals surface area contributed by atoms with E-state index in [1.165, 1.54) is 14.2 Å². The summed E-state index contributed by atoms with van der Waals surface area (Å²) in [7, 11) is 2.88. The van der Waals surface area contributed by atoms with Crippen LogP contribution in [0.1, 0.15) is 21.6 Å². The van der Waals surface area contributed by atoms with Gasteiger partial charge in [-0.3, -0.25) is 4.98 Å². The number of hydrogen-bond donors (Lipinski definition) is 0. The topological polar surface area (TPSA) is 57.7 Å². The minimum atomic E-state index is -0.416. The lowest BCUT2D eigenvalue weighted by atomic mass is 10.1. The van der Waals surface area contributed by atoms with Crippen molar-refractivity contribution in [2.45, 2.75) is 13.5 Å². The SMILES string of the molecule is COC(=O)c1ccc(OCc2cc(C)nc3ccccc23)c(OC)c1. The van der Waals surface area contributed by atoms with Gasteiger partial charge in [0.25, 0.3) is 0 Å². The molecule has 5 nitrogen and oxygen atoms in total. The van der Waals surface area contributed by atoms with Crippen LogP contribution in [0.3, 0.4) is 0 Å². The second kappa shape index (κ2) is 7.21. The third-order valence-electron chi connectivity index (χ3n) is 3.90. The highest BCUT2D eigenvalue weighted by Gasteiger charge is 2.12. The molecule has 0 spiro atoms. The molecule has 1 heterocycles. The molecule has 0 radical (unpaired) electrons. The third-order valence-corrected chi connectivity index (χ3v) is 3.90. The molecule has 0 fully saturated rings. The fourth-order valence-electron chi connectivity index (χ4n) is 2.70. The first-order chi connectivity index (χ1) is 12.1. The number of aryl methyl sites for hydroxylation is 1. The fraction of sp³-hybridized carbons (Fsp3) is 0.200. The maximum Gasteiger partial charge on any atom is 0.337 e. The number of pyridine rings is 1. The van der Waals surface area contributed by atoms with E-state index in [1.54, 1.807) is 18.2 Å². The molecular weight excluding hydrogens is 318 g/mol. The number of para-hydroxylation sites is 1. The normalized spacial score (nSPS) is 10.5. The number of rotatable bonds is 5. The molecule has 3 rings (SSSR count). The van der Waals surface area contributed by atoms with Crippen molar-refractivity contribution in [1.82, 2.24) is 4.98 Å². The van der Waals surface area contributed by atoms with Crippen molar-refractivity contribution in [2.75, 3.05) is 14.2 Å². The van der Waals surface area contributed by atoms with Crippen molar-refractivity contribution in [2.24, 2.45) is 0 Å². The summed E-state index contributed by atoms with van der Waals surface area (Å²) in [6.07, 6.45) is 0. The van der Waals surface area contributed by atoms with E-state index >= 15 is 0 Å². The van der Waals surface area contributed by atoms with Crippen molar-refractivity contribution in [3.05, 3.63) is 65.4 Å². The van der Waals surface area contributed by atoms with Crippen LogP contribution in [0.2, 0.25) is 0 Å². The zero-order chi connectivity index (χ0) is 17.8. The van der Waals surface area contributed by atoms with Gasteiger partial charge >= 0.3 is 5.97 Å². The van der Waals surface area contributed by atoms with Crippen molar-refractivity contribution in [1.29, 1.82) is 0 Å². The highest BCUT2D eigenvalue weighted by Crippen LogP contribution is 2.30. The summed E-state index contributed by atoms with van der Waals surface area (Å²) in [4.78, 5) is 16.2. The highest BCUT2D eigenvalue weighted by atomic mass is 16.5. The van der Waals surface area contributed by atoms with Crippen LogP contribution < -0.4 is 9.47 Å². The molecule has 0 saturated heterocycles. The number of esters is 1. The Hall–Kier alpha value is -3.08. The molecule has 0 unspecified atom stereocenters. The Bertz CT molecular complexity index is 921. The maximum absolute atomic E-state index is 11.6. The Labute approximate surface area is 146 Å². The first-order valence-electron chi connectivity index (χ1n) is 7.87. The smallest absolute Gasteiger partial charge is 0.337 e. The van der Waals surface area contributed by atoms with E-state index in [4.69, 9.17) is 14.2 Å². The van der Waals surface area contributed by atoms with Gasteiger partial charge in [-0.25, -0.2) is 4.79 Å². The summed E-state index contributed by atoms with van der Waals surface area (Å²) >= 11 is 0. The summed E-state index contributed by atoms with van der Waals surface area (Å²) in [6.45, 7) is 2.33. The molecular formula is C20H19NO4. The number of methoxy groups -OCH3 is 2. The minimum Gasteiger partial charge on any atom is -0.493 e. The largest absolute Gasteiger partial charge is 0.493 e. The van der Waals surface area contributed by atoms with Gasteiger partial charge in [-0.2, -0.15) is 0 Å². The molecule has 0 amide bonds. The summed E-state index contributed by atoms with van der Waals surface area (Å²) in [5.74, 6) is 0.632. The molecule has 0 aliphatic rings. The number of carbonyl (C=O) groups is 1. The monoisotopic (exact) mass is 337 g/mol. The number of ether oxygens (including phenoxy) is 3.